The number of benzene rings is 1. The summed E-state index contributed by atoms with van der Waals surface area (Å²) in [6, 6.07) is 2.37. The van der Waals surface area contributed by atoms with Gasteiger partial charge in [-0.1, -0.05) is 0 Å². The van der Waals surface area contributed by atoms with Gasteiger partial charge >= 0.3 is 19.0 Å². The minimum atomic E-state index is -4.85. The van der Waals surface area contributed by atoms with Gasteiger partial charge in [0.15, 0.2) is 6.54 Å². The van der Waals surface area contributed by atoms with Gasteiger partial charge in [0.2, 0.25) is 5.91 Å². The number of amides is 2. The van der Waals surface area contributed by atoms with Gasteiger partial charge in [0, 0.05) is 49.1 Å². The highest BCUT2D eigenvalue weighted by molar-refractivity contribution is 6.21. The summed E-state index contributed by atoms with van der Waals surface area (Å²) in [5.41, 5.74) is -1.93. The molecule has 2 atom stereocenters. The van der Waals surface area contributed by atoms with Gasteiger partial charge in [-0.25, -0.2) is 4.98 Å². The molecule has 240 valence electrons. The number of carbonyl (C=O) groups is 2. The second-order valence-corrected chi connectivity index (χ2v) is 10.6. The summed E-state index contributed by atoms with van der Waals surface area (Å²) in [6.45, 7) is -3.25. The number of carbonyl (C=O) groups excluding carboxylic acids is 2. The monoisotopic (exact) mass is 637 g/mol. The minimum Gasteiger partial charge on any atom is -0.435 e. The SMILES string of the molecule is CC(=O)N1C[C@@H](NC(=O)/C(=C/[NH2+]CC(F)(F)F)C(=N)C2CC2)C[C@@H](Nc2cc(C(F)(F)F)nc3ccc(OC(F)F)cc23)C1. The maximum absolute atomic E-state index is 13.7. The fourth-order valence-electron chi connectivity index (χ4n) is 4.88. The van der Waals surface area contributed by atoms with Gasteiger partial charge in [-0.2, -0.15) is 35.1 Å². The number of halogens is 8. The second-order valence-electron chi connectivity index (χ2n) is 10.6. The van der Waals surface area contributed by atoms with E-state index in [0.717, 1.165) is 29.7 Å². The van der Waals surface area contributed by atoms with Crippen molar-refractivity contribution in [1.82, 2.24) is 15.2 Å². The number of hydrogen-bond acceptors (Lipinski definition) is 6. The first-order valence-electron chi connectivity index (χ1n) is 13.5. The summed E-state index contributed by atoms with van der Waals surface area (Å²) in [7, 11) is 0. The quantitative estimate of drug-likeness (QED) is 0.179. The van der Waals surface area contributed by atoms with Crippen LogP contribution in [0.15, 0.2) is 36.0 Å². The predicted octanol–water partition coefficient (Wildman–Crippen LogP) is 3.81. The molecule has 0 unspecified atom stereocenters. The van der Waals surface area contributed by atoms with Crippen molar-refractivity contribution in [2.75, 3.05) is 25.0 Å². The maximum atomic E-state index is 13.7. The van der Waals surface area contributed by atoms with Crippen LogP contribution in [0.1, 0.15) is 31.9 Å². The number of piperidine rings is 1. The number of fused-ring (bicyclic) bond motifs is 1. The Kier molecular flexibility index (Phi) is 9.65. The largest absolute Gasteiger partial charge is 0.438 e. The van der Waals surface area contributed by atoms with E-state index in [9.17, 15) is 44.7 Å². The molecular weight excluding hydrogens is 608 g/mol. The van der Waals surface area contributed by atoms with Crippen molar-refractivity contribution in [1.29, 1.82) is 5.41 Å². The first-order valence-corrected chi connectivity index (χ1v) is 13.5. The third-order valence-corrected chi connectivity index (χ3v) is 7.04. The maximum Gasteiger partial charge on any atom is 0.438 e. The number of nitrogens with zero attached hydrogens (tertiary/aromatic N) is 2. The van der Waals surface area contributed by atoms with Crippen molar-refractivity contribution in [3.63, 3.8) is 0 Å². The van der Waals surface area contributed by atoms with Gasteiger partial charge in [0.25, 0.3) is 5.91 Å². The zero-order valence-electron chi connectivity index (χ0n) is 23.2. The molecule has 9 nitrogen and oxygen atoms in total. The number of hydrogen-bond donors (Lipinski definition) is 4. The minimum absolute atomic E-state index is 0.0000460. The Morgan fingerprint density at radius 1 is 1.14 bits per heavy atom. The van der Waals surface area contributed by atoms with E-state index >= 15 is 0 Å². The summed E-state index contributed by atoms with van der Waals surface area (Å²) in [4.78, 5) is 30.4. The number of rotatable bonds is 10. The number of alkyl halides is 8. The molecule has 1 aromatic carbocycles. The number of quaternary nitrogens is 1. The van der Waals surface area contributed by atoms with E-state index < -0.39 is 55.1 Å². The Balaban J connectivity index is 1.60. The Morgan fingerprint density at radius 2 is 1.82 bits per heavy atom. The molecule has 2 fully saturated rings. The molecular formula is C27H29F8N6O3+. The summed E-state index contributed by atoms with van der Waals surface area (Å²) in [5, 5.41) is 14.6. The number of nitrogens with two attached hydrogens (primary N) is 1. The lowest BCUT2D eigenvalue weighted by molar-refractivity contribution is -0.615. The van der Waals surface area contributed by atoms with Crippen LogP contribution in [0.5, 0.6) is 5.75 Å². The zero-order chi connectivity index (χ0) is 32.4. The van der Waals surface area contributed by atoms with Gasteiger partial charge in [-0.15, -0.1) is 0 Å². The summed E-state index contributed by atoms with van der Waals surface area (Å²) in [5.74, 6) is -1.82. The Hall–Kier alpha value is -4.02. The summed E-state index contributed by atoms with van der Waals surface area (Å²) in [6.07, 6.45) is -7.13. The highest BCUT2D eigenvalue weighted by Gasteiger charge is 2.37. The van der Waals surface area contributed by atoms with Crippen LogP contribution in [0.3, 0.4) is 0 Å². The highest BCUT2D eigenvalue weighted by atomic mass is 19.4. The van der Waals surface area contributed by atoms with Crippen molar-refractivity contribution in [2.24, 2.45) is 5.92 Å². The first-order chi connectivity index (χ1) is 20.5. The fourth-order valence-corrected chi connectivity index (χ4v) is 4.88. The normalized spacial score (nSPS) is 19.7. The molecule has 4 rings (SSSR count). The van der Waals surface area contributed by atoms with Crippen molar-refractivity contribution >= 4 is 34.1 Å². The van der Waals surface area contributed by atoms with Gasteiger partial charge in [0.05, 0.1) is 11.2 Å². The average molecular weight is 638 g/mol. The van der Waals surface area contributed by atoms with Crippen LogP contribution < -0.4 is 20.7 Å². The molecule has 1 saturated carbocycles. The third kappa shape index (κ3) is 8.76. The van der Waals surface area contributed by atoms with Crippen LogP contribution in [-0.2, 0) is 15.8 Å². The lowest BCUT2D eigenvalue weighted by atomic mass is 9.98. The lowest BCUT2D eigenvalue weighted by Gasteiger charge is -2.38. The second kappa shape index (κ2) is 12.9. The van der Waals surface area contributed by atoms with Crippen molar-refractivity contribution in [3.05, 3.63) is 41.7 Å². The van der Waals surface area contributed by atoms with Crippen LogP contribution in [0.2, 0.25) is 0 Å². The molecule has 5 N–H and O–H groups in total. The van der Waals surface area contributed by atoms with Crippen LogP contribution >= 0.6 is 0 Å². The van der Waals surface area contributed by atoms with Crippen LogP contribution in [-0.4, -0.2) is 71.9 Å². The molecule has 1 aliphatic heterocycles. The highest BCUT2D eigenvalue weighted by Crippen LogP contribution is 2.36. The van der Waals surface area contributed by atoms with E-state index in [2.05, 4.69) is 20.4 Å². The predicted molar refractivity (Wildman–Crippen MR) is 141 cm³/mol. The first kappa shape index (κ1) is 32.9. The van der Waals surface area contributed by atoms with Crippen molar-refractivity contribution < 1.29 is 54.8 Å². The van der Waals surface area contributed by atoms with Gasteiger partial charge < -0.3 is 31.0 Å². The van der Waals surface area contributed by atoms with E-state index in [1.807, 2.05) is 0 Å². The fraction of sp³-hybridized carbons (Fsp3) is 0.481. The third-order valence-electron chi connectivity index (χ3n) is 7.04. The molecule has 0 radical (unpaired) electrons. The number of likely N-dealkylation sites (tertiary alicyclic amines) is 1. The van der Waals surface area contributed by atoms with Gasteiger partial charge in [0.1, 0.15) is 23.2 Å². The molecule has 2 amide bonds. The van der Waals surface area contributed by atoms with Crippen LogP contribution in [0.4, 0.5) is 40.8 Å². The molecule has 17 heteroatoms. The number of pyridine rings is 1. The Bertz CT molecular complexity index is 1440. The molecule has 0 bridgehead atoms. The number of anilines is 1. The van der Waals surface area contributed by atoms with E-state index in [-0.39, 0.29) is 59.1 Å². The molecule has 44 heavy (non-hydrogen) atoms. The molecule has 1 aliphatic carbocycles. The Labute approximate surface area is 245 Å². The topological polar surface area (TPSA) is 124 Å². The van der Waals surface area contributed by atoms with Crippen LogP contribution in [0.25, 0.3) is 10.9 Å². The van der Waals surface area contributed by atoms with E-state index in [1.54, 1.807) is 0 Å². The van der Waals surface area contributed by atoms with E-state index in [4.69, 9.17) is 5.41 Å². The molecule has 2 heterocycles. The van der Waals surface area contributed by atoms with Crippen molar-refractivity contribution in [2.45, 2.75) is 57.2 Å². The molecule has 2 aromatic rings. The molecule has 2 aliphatic rings. The standard InChI is InChI=1S/C27H28F8N6O3/c1-13(42)41-10-15(6-16(11-41)39-24(43)19(23(36)14-2-3-14)9-37-12-26(30,31)32)38-21-8-22(27(33,34)35)40-20-5-4-17(7-18(20)21)44-25(28)29/h4-5,7-9,14-16,25,36-37H,2-3,6,10-12H2,1H3,(H,38,40)(H,39,43)/p+1/b19-9+,36-23?/t15-,16+/m1/s1. The van der Waals surface area contributed by atoms with Crippen LogP contribution in [0, 0.1) is 11.3 Å². The Morgan fingerprint density at radius 3 is 2.41 bits per heavy atom. The smallest absolute Gasteiger partial charge is 0.435 e. The van der Waals surface area contributed by atoms with Gasteiger partial charge in [-0.3, -0.25) is 9.59 Å². The number of nitrogens with one attached hydrogen (secondary N) is 3. The van der Waals surface area contributed by atoms with Gasteiger partial charge in [-0.05, 0) is 43.5 Å². The lowest BCUT2D eigenvalue weighted by Crippen LogP contribution is -2.82. The van der Waals surface area contributed by atoms with E-state index in [1.165, 1.54) is 11.8 Å². The van der Waals surface area contributed by atoms with Crippen molar-refractivity contribution in [3.8, 4) is 5.75 Å². The molecule has 1 aromatic heterocycles. The molecule has 0 spiro atoms. The summed E-state index contributed by atoms with van der Waals surface area (Å²) < 4.78 is 109. The molecule has 1 saturated heterocycles. The summed E-state index contributed by atoms with van der Waals surface area (Å²) >= 11 is 0. The zero-order valence-corrected chi connectivity index (χ0v) is 23.2. The average Bonchev–Trinajstić information content (AvgIpc) is 3.75. The number of aromatic nitrogens is 1. The number of ether oxygens (including phenoxy) is 1. The van der Waals surface area contributed by atoms with E-state index in [0.29, 0.717) is 18.9 Å².